The van der Waals surface area contributed by atoms with Crippen LogP contribution in [0.1, 0.15) is 22.5 Å². The number of aromatic nitrogens is 1. The van der Waals surface area contributed by atoms with Crippen LogP contribution in [-0.2, 0) is 0 Å². The maximum atomic E-state index is 12.5. The van der Waals surface area contributed by atoms with Crippen LogP contribution < -0.4 is 5.32 Å². The summed E-state index contributed by atoms with van der Waals surface area (Å²) in [5.74, 6) is 0.105. The van der Waals surface area contributed by atoms with Crippen LogP contribution in [0.2, 0.25) is 0 Å². The van der Waals surface area contributed by atoms with E-state index in [0.29, 0.717) is 11.7 Å². The first-order valence-electron chi connectivity index (χ1n) is 6.74. The fourth-order valence-corrected chi connectivity index (χ4v) is 2.77. The first-order valence-corrected chi connectivity index (χ1v) is 6.74. The van der Waals surface area contributed by atoms with E-state index in [9.17, 15) is 4.79 Å². The van der Waals surface area contributed by atoms with Gasteiger partial charge in [0.2, 0.25) is 0 Å². The molecule has 0 saturated carbocycles. The topological polar surface area (TPSA) is 48.1 Å². The first kappa shape index (κ1) is 12.2. The number of carbonyl (C=O) groups excluding carboxylic acids is 1. The van der Waals surface area contributed by atoms with Crippen LogP contribution in [0.15, 0.2) is 24.3 Å². The third kappa shape index (κ3) is 2.12. The number of rotatable bonds is 2. The fourth-order valence-electron chi connectivity index (χ4n) is 2.77. The molecule has 2 aromatic rings. The molecule has 4 heteroatoms. The Bertz CT molecular complexity index is 617. The number of hydrogen-bond acceptors (Lipinski definition) is 2. The van der Waals surface area contributed by atoms with Crippen molar-refractivity contribution in [3.05, 3.63) is 35.5 Å². The van der Waals surface area contributed by atoms with Crippen molar-refractivity contribution in [1.29, 1.82) is 0 Å². The molecule has 1 aliphatic rings. The van der Waals surface area contributed by atoms with Crippen LogP contribution in [0.4, 0.5) is 0 Å². The maximum absolute atomic E-state index is 12.5. The molecule has 100 valence electrons. The van der Waals surface area contributed by atoms with E-state index >= 15 is 0 Å². The summed E-state index contributed by atoms with van der Waals surface area (Å²) in [4.78, 5) is 17.6. The van der Waals surface area contributed by atoms with Gasteiger partial charge in [0.1, 0.15) is 5.69 Å². The van der Waals surface area contributed by atoms with E-state index in [0.717, 1.165) is 30.4 Å². The second-order valence-corrected chi connectivity index (χ2v) is 5.25. The number of likely N-dealkylation sites (N-methyl/N-ethyl adjacent to an activating group) is 1. The standard InChI is InChI=1S/C15H19N3O/c1-10-4-3-5-11-8-13(17-14(10)11)15(19)18-7-6-12(9-18)16-2/h3-5,8,12,16-17H,6-7,9H2,1-2H3. The van der Waals surface area contributed by atoms with Gasteiger partial charge in [-0.25, -0.2) is 0 Å². The molecule has 3 rings (SSSR count). The number of hydrogen-bond donors (Lipinski definition) is 2. The molecule has 0 radical (unpaired) electrons. The summed E-state index contributed by atoms with van der Waals surface area (Å²) in [6, 6.07) is 8.50. The molecule has 1 unspecified atom stereocenters. The minimum absolute atomic E-state index is 0.105. The van der Waals surface area contributed by atoms with Crippen LogP contribution in [0, 0.1) is 6.92 Å². The average molecular weight is 257 g/mol. The maximum Gasteiger partial charge on any atom is 0.270 e. The number of nitrogens with zero attached hydrogens (tertiary/aromatic N) is 1. The zero-order valence-corrected chi connectivity index (χ0v) is 11.4. The molecule has 0 spiro atoms. The average Bonchev–Trinajstić information content (AvgIpc) is 3.05. The summed E-state index contributed by atoms with van der Waals surface area (Å²) < 4.78 is 0. The summed E-state index contributed by atoms with van der Waals surface area (Å²) in [7, 11) is 1.95. The molecule has 1 amide bonds. The number of benzene rings is 1. The van der Waals surface area contributed by atoms with E-state index in [-0.39, 0.29) is 5.91 Å². The van der Waals surface area contributed by atoms with Crippen molar-refractivity contribution in [3.8, 4) is 0 Å². The summed E-state index contributed by atoms with van der Waals surface area (Å²) >= 11 is 0. The van der Waals surface area contributed by atoms with Crippen LogP contribution in [0.5, 0.6) is 0 Å². The van der Waals surface area contributed by atoms with Gasteiger partial charge >= 0.3 is 0 Å². The Morgan fingerprint density at radius 1 is 1.47 bits per heavy atom. The van der Waals surface area contributed by atoms with Gasteiger partial charge in [-0.2, -0.15) is 0 Å². The number of H-pyrrole nitrogens is 1. The van der Waals surface area contributed by atoms with E-state index < -0.39 is 0 Å². The third-order valence-electron chi connectivity index (χ3n) is 3.98. The highest BCUT2D eigenvalue weighted by molar-refractivity contribution is 5.98. The minimum atomic E-state index is 0.105. The number of carbonyl (C=O) groups is 1. The molecule has 1 aliphatic heterocycles. The largest absolute Gasteiger partial charge is 0.350 e. The second-order valence-electron chi connectivity index (χ2n) is 5.25. The molecule has 1 aromatic heterocycles. The Hall–Kier alpha value is -1.81. The third-order valence-corrected chi connectivity index (χ3v) is 3.98. The molecule has 1 atom stereocenters. The molecule has 0 bridgehead atoms. The highest BCUT2D eigenvalue weighted by Gasteiger charge is 2.26. The number of aromatic amines is 1. The van der Waals surface area contributed by atoms with Gasteiger partial charge in [0, 0.05) is 30.0 Å². The number of aryl methyl sites for hydroxylation is 1. The number of para-hydroxylation sites is 1. The first-order chi connectivity index (χ1) is 9.19. The number of likely N-dealkylation sites (tertiary alicyclic amines) is 1. The normalized spacial score (nSPS) is 19.3. The van der Waals surface area contributed by atoms with Gasteiger partial charge in [0.25, 0.3) is 5.91 Å². The van der Waals surface area contributed by atoms with E-state index in [1.54, 1.807) is 0 Å². The number of amides is 1. The van der Waals surface area contributed by atoms with Crippen LogP contribution in [-0.4, -0.2) is 42.0 Å². The predicted molar refractivity (Wildman–Crippen MR) is 76.4 cm³/mol. The Morgan fingerprint density at radius 3 is 3.00 bits per heavy atom. The Morgan fingerprint density at radius 2 is 2.32 bits per heavy atom. The smallest absolute Gasteiger partial charge is 0.270 e. The van der Waals surface area contributed by atoms with Crippen LogP contribution >= 0.6 is 0 Å². The Balaban J connectivity index is 1.88. The molecule has 4 nitrogen and oxygen atoms in total. The fraction of sp³-hybridized carbons (Fsp3) is 0.400. The SMILES string of the molecule is CNC1CCN(C(=O)c2cc3cccc(C)c3[nH]2)C1. The monoisotopic (exact) mass is 257 g/mol. The molecule has 2 heterocycles. The van der Waals surface area contributed by atoms with Crippen LogP contribution in [0.25, 0.3) is 10.9 Å². The van der Waals surface area contributed by atoms with Gasteiger partial charge < -0.3 is 15.2 Å². The molecule has 1 aromatic carbocycles. The highest BCUT2D eigenvalue weighted by Crippen LogP contribution is 2.21. The van der Waals surface area contributed by atoms with Crippen molar-refractivity contribution in [2.24, 2.45) is 0 Å². The second kappa shape index (κ2) is 4.70. The van der Waals surface area contributed by atoms with Crippen molar-refractivity contribution < 1.29 is 4.79 Å². The van der Waals surface area contributed by atoms with Crippen molar-refractivity contribution in [3.63, 3.8) is 0 Å². The quantitative estimate of drug-likeness (QED) is 0.863. The van der Waals surface area contributed by atoms with Crippen molar-refractivity contribution >= 4 is 16.8 Å². The van der Waals surface area contributed by atoms with Crippen molar-refractivity contribution in [1.82, 2.24) is 15.2 Å². The zero-order chi connectivity index (χ0) is 13.4. The van der Waals surface area contributed by atoms with E-state index in [1.807, 2.05) is 30.1 Å². The molecule has 1 fully saturated rings. The lowest BCUT2D eigenvalue weighted by Crippen LogP contribution is -2.33. The minimum Gasteiger partial charge on any atom is -0.350 e. The zero-order valence-electron chi connectivity index (χ0n) is 11.4. The molecular formula is C15H19N3O. The molecule has 0 aliphatic carbocycles. The van der Waals surface area contributed by atoms with Gasteiger partial charge in [0.05, 0.1) is 0 Å². The Labute approximate surface area is 112 Å². The summed E-state index contributed by atoms with van der Waals surface area (Å²) in [5.41, 5.74) is 2.93. The predicted octanol–water partition coefficient (Wildman–Crippen LogP) is 1.91. The molecular weight excluding hydrogens is 238 g/mol. The van der Waals surface area contributed by atoms with Gasteiger partial charge in [0.15, 0.2) is 0 Å². The number of fused-ring (bicyclic) bond motifs is 1. The van der Waals surface area contributed by atoms with Crippen molar-refractivity contribution in [2.45, 2.75) is 19.4 Å². The van der Waals surface area contributed by atoms with Gasteiger partial charge in [-0.05, 0) is 32.0 Å². The molecule has 1 saturated heterocycles. The summed E-state index contributed by atoms with van der Waals surface area (Å²) in [6.07, 6.45) is 1.03. The van der Waals surface area contributed by atoms with Gasteiger partial charge in [-0.3, -0.25) is 4.79 Å². The van der Waals surface area contributed by atoms with E-state index in [2.05, 4.69) is 23.3 Å². The van der Waals surface area contributed by atoms with Crippen molar-refractivity contribution in [2.75, 3.05) is 20.1 Å². The summed E-state index contributed by atoms with van der Waals surface area (Å²) in [5, 5.41) is 4.34. The molecule has 19 heavy (non-hydrogen) atoms. The van der Waals surface area contributed by atoms with Gasteiger partial charge in [-0.15, -0.1) is 0 Å². The number of nitrogens with one attached hydrogen (secondary N) is 2. The highest BCUT2D eigenvalue weighted by atomic mass is 16.2. The van der Waals surface area contributed by atoms with Crippen LogP contribution in [0.3, 0.4) is 0 Å². The van der Waals surface area contributed by atoms with Gasteiger partial charge in [-0.1, -0.05) is 18.2 Å². The summed E-state index contributed by atoms with van der Waals surface area (Å²) in [6.45, 7) is 3.68. The lowest BCUT2D eigenvalue weighted by Gasteiger charge is -2.15. The van der Waals surface area contributed by atoms with E-state index in [4.69, 9.17) is 0 Å². The lowest BCUT2D eigenvalue weighted by molar-refractivity contribution is 0.0785. The lowest BCUT2D eigenvalue weighted by atomic mass is 10.2. The Kier molecular flexibility index (Phi) is 3.03. The molecule has 2 N–H and O–H groups in total. The van der Waals surface area contributed by atoms with E-state index in [1.165, 1.54) is 5.56 Å².